The van der Waals surface area contributed by atoms with E-state index in [1.807, 2.05) is 13.8 Å². The standard InChI is InChI=1S/C13H20N2O3/c1-10(2)15(7-4-8-16)13(17)11-5-6-12(18-3)14-9-11/h5-6,9-10,16H,4,7-8H2,1-3H3. The third kappa shape index (κ3) is 3.70. The highest BCUT2D eigenvalue weighted by Crippen LogP contribution is 2.11. The molecule has 0 unspecified atom stereocenters. The summed E-state index contributed by atoms with van der Waals surface area (Å²) in [4.78, 5) is 18.0. The zero-order chi connectivity index (χ0) is 13.5. The lowest BCUT2D eigenvalue weighted by molar-refractivity contribution is 0.0692. The molecule has 1 rings (SSSR count). The summed E-state index contributed by atoms with van der Waals surface area (Å²) in [7, 11) is 1.53. The van der Waals surface area contributed by atoms with Crippen LogP contribution < -0.4 is 4.74 Å². The van der Waals surface area contributed by atoms with Gasteiger partial charge in [-0.25, -0.2) is 4.98 Å². The second-order valence-corrected chi connectivity index (χ2v) is 4.26. The normalized spacial score (nSPS) is 10.5. The highest BCUT2D eigenvalue weighted by Gasteiger charge is 2.18. The number of carbonyl (C=O) groups is 1. The van der Waals surface area contributed by atoms with Gasteiger partial charge in [0.2, 0.25) is 5.88 Å². The molecule has 1 aromatic heterocycles. The quantitative estimate of drug-likeness (QED) is 0.829. The predicted octanol–water partition coefficient (Wildman–Crippen LogP) is 1.32. The summed E-state index contributed by atoms with van der Waals surface area (Å²) < 4.78 is 4.95. The summed E-state index contributed by atoms with van der Waals surface area (Å²) in [5, 5.41) is 8.85. The minimum atomic E-state index is -0.0754. The van der Waals surface area contributed by atoms with Crippen molar-refractivity contribution in [1.82, 2.24) is 9.88 Å². The SMILES string of the molecule is COc1ccc(C(=O)N(CCCO)C(C)C)cn1. The van der Waals surface area contributed by atoms with Gasteiger partial charge < -0.3 is 14.7 Å². The first-order valence-corrected chi connectivity index (χ1v) is 6.02. The maximum Gasteiger partial charge on any atom is 0.255 e. The molecule has 0 atom stereocenters. The molecule has 5 nitrogen and oxygen atoms in total. The van der Waals surface area contributed by atoms with Crippen LogP contribution in [0.4, 0.5) is 0 Å². The Labute approximate surface area is 107 Å². The smallest absolute Gasteiger partial charge is 0.255 e. The first-order valence-electron chi connectivity index (χ1n) is 6.02. The van der Waals surface area contributed by atoms with E-state index >= 15 is 0 Å². The van der Waals surface area contributed by atoms with Crippen LogP contribution in [0.2, 0.25) is 0 Å². The largest absolute Gasteiger partial charge is 0.481 e. The van der Waals surface area contributed by atoms with Crippen LogP contribution in [0.25, 0.3) is 0 Å². The van der Waals surface area contributed by atoms with Crippen molar-refractivity contribution in [2.75, 3.05) is 20.3 Å². The van der Waals surface area contributed by atoms with Gasteiger partial charge in [-0.1, -0.05) is 0 Å². The molecular formula is C13H20N2O3. The van der Waals surface area contributed by atoms with Crippen molar-refractivity contribution in [3.8, 4) is 5.88 Å². The number of aliphatic hydroxyl groups is 1. The van der Waals surface area contributed by atoms with E-state index in [-0.39, 0.29) is 18.6 Å². The average molecular weight is 252 g/mol. The maximum absolute atomic E-state index is 12.3. The predicted molar refractivity (Wildman–Crippen MR) is 68.7 cm³/mol. The number of pyridine rings is 1. The lowest BCUT2D eigenvalue weighted by Gasteiger charge is -2.26. The van der Waals surface area contributed by atoms with Gasteiger partial charge in [0.15, 0.2) is 0 Å². The van der Waals surface area contributed by atoms with Gasteiger partial charge in [-0.2, -0.15) is 0 Å². The van der Waals surface area contributed by atoms with E-state index in [4.69, 9.17) is 9.84 Å². The molecule has 0 saturated carbocycles. The Kier molecular flexibility index (Phi) is 5.58. The molecule has 1 aromatic rings. The Hall–Kier alpha value is -1.62. The van der Waals surface area contributed by atoms with E-state index in [9.17, 15) is 4.79 Å². The number of aromatic nitrogens is 1. The second-order valence-electron chi connectivity index (χ2n) is 4.26. The number of amides is 1. The number of aliphatic hydroxyl groups excluding tert-OH is 1. The molecule has 100 valence electrons. The molecule has 5 heteroatoms. The third-order valence-electron chi connectivity index (χ3n) is 2.63. The summed E-state index contributed by atoms with van der Waals surface area (Å²) in [6.45, 7) is 4.52. The zero-order valence-corrected chi connectivity index (χ0v) is 11.1. The van der Waals surface area contributed by atoms with Crippen molar-refractivity contribution in [1.29, 1.82) is 0 Å². The van der Waals surface area contributed by atoms with E-state index in [0.717, 1.165) is 0 Å². The van der Waals surface area contributed by atoms with E-state index in [1.54, 1.807) is 17.0 Å². The third-order valence-corrected chi connectivity index (χ3v) is 2.63. The number of hydrogen-bond donors (Lipinski definition) is 1. The topological polar surface area (TPSA) is 62.7 Å². The van der Waals surface area contributed by atoms with Gasteiger partial charge in [0, 0.05) is 31.5 Å². The van der Waals surface area contributed by atoms with Gasteiger partial charge in [-0.15, -0.1) is 0 Å². The summed E-state index contributed by atoms with van der Waals surface area (Å²) in [5.74, 6) is 0.409. The van der Waals surface area contributed by atoms with Crippen LogP contribution in [0, 0.1) is 0 Å². The fourth-order valence-corrected chi connectivity index (χ4v) is 1.63. The van der Waals surface area contributed by atoms with Gasteiger partial charge in [-0.3, -0.25) is 4.79 Å². The highest BCUT2D eigenvalue weighted by molar-refractivity contribution is 5.94. The molecule has 0 bridgehead atoms. The number of nitrogens with zero attached hydrogens (tertiary/aromatic N) is 2. The first-order chi connectivity index (χ1) is 8.60. The minimum absolute atomic E-state index is 0.0754. The molecule has 1 N–H and O–H groups in total. The van der Waals surface area contributed by atoms with Gasteiger partial charge in [0.25, 0.3) is 5.91 Å². The fraction of sp³-hybridized carbons (Fsp3) is 0.538. The van der Waals surface area contributed by atoms with E-state index < -0.39 is 0 Å². The van der Waals surface area contributed by atoms with E-state index in [0.29, 0.717) is 24.4 Å². The number of carbonyl (C=O) groups excluding carboxylic acids is 1. The second kappa shape index (κ2) is 6.96. The van der Waals surface area contributed by atoms with Gasteiger partial charge in [0.05, 0.1) is 12.7 Å². The Balaban J connectivity index is 2.80. The number of rotatable bonds is 6. The Bertz CT molecular complexity index is 376. The summed E-state index contributed by atoms with van der Waals surface area (Å²) in [6.07, 6.45) is 2.09. The Morgan fingerprint density at radius 3 is 2.67 bits per heavy atom. The zero-order valence-electron chi connectivity index (χ0n) is 11.1. The summed E-state index contributed by atoms with van der Waals surface area (Å²) >= 11 is 0. The molecule has 1 amide bonds. The summed E-state index contributed by atoms with van der Waals surface area (Å²) in [5.41, 5.74) is 0.530. The van der Waals surface area contributed by atoms with Crippen molar-refractivity contribution < 1.29 is 14.6 Å². The number of methoxy groups -OCH3 is 1. The molecule has 0 spiro atoms. The van der Waals surface area contributed by atoms with Gasteiger partial charge in [-0.05, 0) is 26.3 Å². The van der Waals surface area contributed by atoms with E-state index in [2.05, 4.69) is 4.98 Å². The van der Waals surface area contributed by atoms with Crippen molar-refractivity contribution in [3.63, 3.8) is 0 Å². The minimum Gasteiger partial charge on any atom is -0.481 e. The van der Waals surface area contributed by atoms with Crippen LogP contribution >= 0.6 is 0 Å². The van der Waals surface area contributed by atoms with Crippen LogP contribution in [-0.2, 0) is 0 Å². The molecule has 0 saturated heterocycles. The molecule has 0 radical (unpaired) electrons. The molecule has 0 aliphatic rings. The van der Waals surface area contributed by atoms with Gasteiger partial charge in [0.1, 0.15) is 0 Å². The fourth-order valence-electron chi connectivity index (χ4n) is 1.63. The van der Waals surface area contributed by atoms with Crippen LogP contribution in [0.5, 0.6) is 5.88 Å². The number of hydrogen-bond acceptors (Lipinski definition) is 4. The van der Waals surface area contributed by atoms with Crippen LogP contribution in [-0.4, -0.2) is 47.2 Å². The molecule has 1 heterocycles. The number of ether oxygens (including phenoxy) is 1. The lowest BCUT2D eigenvalue weighted by Crippen LogP contribution is -2.38. The van der Waals surface area contributed by atoms with Crippen LogP contribution in [0.15, 0.2) is 18.3 Å². The molecule has 0 aromatic carbocycles. The molecular weight excluding hydrogens is 232 g/mol. The Morgan fingerprint density at radius 1 is 1.50 bits per heavy atom. The maximum atomic E-state index is 12.3. The lowest BCUT2D eigenvalue weighted by atomic mass is 10.2. The first kappa shape index (κ1) is 14.4. The van der Waals surface area contributed by atoms with Crippen LogP contribution in [0.1, 0.15) is 30.6 Å². The van der Waals surface area contributed by atoms with Crippen molar-refractivity contribution in [2.24, 2.45) is 0 Å². The molecule has 0 fully saturated rings. The molecule has 18 heavy (non-hydrogen) atoms. The van der Waals surface area contributed by atoms with Gasteiger partial charge >= 0.3 is 0 Å². The monoisotopic (exact) mass is 252 g/mol. The highest BCUT2D eigenvalue weighted by atomic mass is 16.5. The molecule has 0 aliphatic heterocycles. The van der Waals surface area contributed by atoms with Crippen molar-refractivity contribution in [2.45, 2.75) is 26.3 Å². The van der Waals surface area contributed by atoms with E-state index in [1.165, 1.54) is 13.3 Å². The van der Waals surface area contributed by atoms with Crippen molar-refractivity contribution in [3.05, 3.63) is 23.9 Å². The average Bonchev–Trinajstić information content (AvgIpc) is 2.38. The van der Waals surface area contributed by atoms with Crippen LogP contribution in [0.3, 0.4) is 0 Å². The molecule has 0 aliphatic carbocycles. The summed E-state index contributed by atoms with van der Waals surface area (Å²) in [6, 6.07) is 3.45. The van der Waals surface area contributed by atoms with Crippen molar-refractivity contribution >= 4 is 5.91 Å². The Morgan fingerprint density at radius 2 is 2.22 bits per heavy atom.